The fraction of sp³-hybridized carbons (Fsp3) is 0.353. The van der Waals surface area contributed by atoms with Crippen LogP contribution in [-0.4, -0.2) is 29.5 Å². The molecule has 114 valence electrons. The first kappa shape index (κ1) is 14.5. The molecule has 1 aliphatic rings. The lowest BCUT2D eigenvalue weighted by atomic mass is 10.1. The van der Waals surface area contributed by atoms with Gasteiger partial charge in [0.15, 0.2) is 0 Å². The summed E-state index contributed by atoms with van der Waals surface area (Å²) >= 11 is 0. The molecular weight excluding hydrogens is 278 g/mol. The molecule has 0 saturated heterocycles. The summed E-state index contributed by atoms with van der Waals surface area (Å²) in [7, 11) is 1.65. The zero-order valence-electron chi connectivity index (χ0n) is 12.6. The van der Waals surface area contributed by atoms with Crippen molar-refractivity contribution in [3.63, 3.8) is 0 Å². The van der Waals surface area contributed by atoms with Crippen LogP contribution in [0.25, 0.3) is 0 Å². The number of carbonyl (C=O) groups is 1. The van der Waals surface area contributed by atoms with Gasteiger partial charge < -0.3 is 10.1 Å². The molecule has 0 radical (unpaired) electrons. The van der Waals surface area contributed by atoms with E-state index in [-0.39, 0.29) is 5.91 Å². The summed E-state index contributed by atoms with van der Waals surface area (Å²) in [6, 6.07) is 9.65. The smallest absolute Gasteiger partial charge is 0.270 e. The molecule has 1 fully saturated rings. The number of nitrogens with zero attached hydrogens (tertiary/aromatic N) is 2. The van der Waals surface area contributed by atoms with Crippen LogP contribution in [0.2, 0.25) is 0 Å². The summed E-state index contributed by atoms with van der Waals surface area (Å²) < 4.78 is 5.12. The predicted octanol–water partition coefficient (Wildman–Crippen LogP) is 2.34. The minimum absolute atomic E-state index is 0.141. The first-order valence-electron chi connectivity index (χ1n) is 7.49. The molecule has 0 spiro atoms. The Morgan fingerprint density at radius 3 is 2.73 bits per heavy atom. The Morgan fingerprint density at radius 2 is 2.05 bits per heavy atom. The molecule has 1 amide bonds. The quantitative estimate of drug-likeness (QED) is 0.889. The molecule has 0 unspecified atom stereocenters. The molecule has 22 heavy (non-hydrogen) atoms. The van der Waals surface area contributed by atoms with Gasteiger partial charge in [-0.2, -0.15) is 0 Å². The molecule has 1 N–H and O–H groups in total. The largest absolute Gasteiger partial charge is 0.497 e. The Labute approximate surface area is 129 Å². The van der Waals surface area contributed by atoms with Crippen molar-refractivity contribution in [2.24, 2.45) is 0 Å². The average molecular weight is 297 g/mol. The van der Waals surface area contributed by atoms with Gasteiger partial charge in [0.05, 0.1) is 7.11 Å². The molecule has 0 bridgehead atoms. The highest BCUT2D eigenvalue weighted by Gasteiger charge is 2.25. The third-order valence-corrected chi connectivity index (χ3v) is 3.77. The number of carbonyl (C=O) groups excluding carboxylic acids is 1. The van der Waals surface area contributed by atoms with E-state index in [1.807, 2.05) is 24.3 Å². The minimum atomic E-state index is -0.141. The van der Waals surface area contributed by atoms with E-state index in [4.69, 9.17) is 4.74 Å². The van der Waals surface area contributed by atoms with Crippen molar-refractivity contribution in [3.05, 3.63) is 53.6 Å². The van der Waals surface area contributed by atoms with Crippen LogP contribution in [0.1, 0.15) is 40.5 Å². The van der Waals surface area contributed by atoms with Crippen molar-refractivity contribution in [2.75, 3.05) is 13.7 Å². The number of methoxy groups -OCH3 is 1. The number of amides is 1. The summed E-state index contributed by atoms with van der Waals surface area (Å²) in [5.41, 5.74) is 2.59. The summed E-state index contributed by atoms with van der Waals surface area (Å²) in [4.78, 5) is 20.4. The summed E-state index contributed by atoms with van der Waals surface area (Å²) in [5.74, 6) is 1.22. The van der Waals surface area contributed by atoms with Gasteiger partial charge in [-0.1, -0.05) is 12.1 Å². The normalized spacial score (nSPS) is 13.7. The van der Waals surface area contributed by atoms with Gasteiger partial charge in [-0.05, 0) is 43.0 Å². The maximum Gasteiger partial charge on any atom is 0.270 e. The van der Waals surface area contributed by atoms with Crippen molar-refractivity contribution in [3.8, 4) is 5.75 Å². The van der Waals surface area contributed by atoms with Gasteiger partial charge in [0, 0.05) is 18.2 Å². The van der Waals surface area contributed by atoms with Gasteiger partial charge >= 0.3 is 0 Å². The highest BCUT2D eigenvalue weighted by molar-refractivity contribution is 5.92. The standard InChI is InChI=1S/C17H19N3O2/c1-22-14-6-2-12(3-7-14)8-9-18-17(21)16-10-15(13-4-5-13)19-11-20-16/h2-3,6-7,10-11,13H,4-5,8-9H2,1H3,(H,18,21). The fourth-order valence-electron chi connectivity index (χ4n) is 2.30. The van der Waals surface area contributed by atoms with Crippen molar-refractivity contribution in [1.29, 1.82) is 0 Å². The Kier molecular flexibility index (Phi) is 4.32. The fourth-order valence-corrected chi connectivity index (χ4v) is 2.30. The molecule has 1 saturated carbocycles. The Balaban J connectivity index is 1.52. The van der Waals surface area contributed by atoms with E-state index in [0.29, 0.717) is 18.2 Å². The zero-order valence-corrected chi connectivity index (χ0v) is 12.6. The Bertz CT molecular complexity index is 651. The van der Waals surface area contributed by atoms with Crippen LogP contribution in [-0.2, 0) is 6.42 Å². The van der Waals surface area contributed by atoms with Gasteiger partial charge in [-0.3, -0.25) is 4.79 Å². The lowest BCUT2D eigenvalue weighted by Crippen LogP contribution is -2.26. The van der Waals surface area contributed by atoms with E-state index in [9.17, 15) is 4.79 Å². The number of aromatic nitrogens is 2. The third kappa shape index (κ3) is 3.61. The van der Waals surface area contributed by atoms with Gasteiger partial charge in [0.25, 0.3) is 5.91 Å². The van der Waals surface area contributed by atoms with E-state index in [0.717, 1.165) is 36.3 Å². The molecule has 5 nitrogen and oxygen atoms in total. The van der Waals surface area contributed by atoms with E-state index >= 15 is 0 Å². The summed E-state index contributed by atoms with van der Waals surface area (Å²) in [6.07, 6.45) is 4.58. The van der Waals surface area contributed by atoms with Crippen LogP contribution in [0.4, 0.5) is 0 Å². The second-order valence-electron chi connectivity index (χ2n) is 5.46. The van der Waals surface area contributed by atoms with Gasteiger partial charge in [0.2, 0.25) is 0 Å². The lowest BCUT2D eigenvalue weighted by molar-refractivity contribution is 0.0949. The van der Waals surface area contributed by atoms with E-state index in [1.165, 1.54) is 6.33 Å². The van der Waals surface area contributed by atoms with Gasteiger partial charge in [0.1, 0.15) is 17.8 Å². The topological polar surface area (TPSA) is 64.1 Å². The Morgan fingerprint density at radius 1 is 1.27 bits per heavy atom. The molecule has 3 rings (SSSR count). The molecule has 1 heterocycles. The molecule has 0 aliphatic heterocycles. The second-order valence-corrected chi connectivity index (χ2v) is 5.46. The first-order valence-corrected chi connectivity index (χ1v) is 7.49. The van der Waals surface area contributed by atoms with Crippen LogP contribution in [0.5, 0.6) is 5.75 Å². The lowest BCUT2D eigenvalue weighted by Gasteiger charge is -2.06. The highest BCUT2D eigenvalue weighted by atomic mass is 16.5. The maximum absolute atomic E-state index is 12.1. The number of ether oxygens (including phenoxy) is 1. The van der Waals surface area contributed by atoms with E-state index < -0.39 is 0 Å². The van der Waals surface area contributed by atoms with Crippen LogP contribution in [0.3, 0.4) is 0 Å². The molecule has 2 aromatic rings. The number of hydrogen-bond acceptors (Lipinski definition) is 4. The van der Waals surface area contributed by atoms with Crippen molar-refractivity contribution >= 4 is 5.91 Å². The summed E-state index contributed by atoms with van der Waals surface area (Å²) in [5, 5.41) is 2.90. The molecular formula is C17H19N3O2. The maximum atomic E-state index is 12.1. The van der Waals surface area contributed by atoms with Crippen LogP contribution >= 0.6 is 0 Å². The van der Waals surface area contributed by atoms with Crippen LogP contribution < -0.4 is 10.1 Å². The van der Waals surface area contributed by atoms with Crippen LogP contribution in [0.15, 0.2) is 36.7 Å². The number of nitrogens with one attached hydrogen (secondary N) is 1. The Hall–Kier alpha value is -2.43. The predicted molar refractivity (Wildman–Crippen MR) is 83.0 cm³/mol. The number of benzene rings is 1. The highest BCUT2D eigenvalue weighted by Crippen LogP contribution is 2.38. The number of rotatable bonds is 6. The minimum Gasteiger partial charge on any atom is -0.497 e. The molecule has 1 aromatic heterocycles. The average Bonchev–Trinajstić information content (AvgIpc) is 3.40. The molecule has 1 aromatic carbocycles. The van der Waals surface area contributed by atoms with Gasteiger partial charge in [-0.25, -0.2) is 9.97 Å². The first-order chi connectivity index (χ1) is 10.8. The zero-order chi connectivity index (χ0) is 15.4. The van der Waals surface area contributed by atoms with E-state index in [2.05, 4.69) is 15.3 Å². The SMILES string of the molecule is COc1ccc(CCNC(=O)c2cc(C3CC3)ncn2)cc1. The third-order valence-electron chi connectivity index (χ3n) is 3.77. The summed E-state index contributed by atoms with van der Waals surface area (Å²) in [6.45, 7) is 0.577. The monoisotopic (exact) mass is 297 g/mol. The number of hydrogen-bond donors (Lipinski definition) is 1. The van der Waals surface area contributed by atoms with Crippen LogP contribution in [0, 0.1) is 0 Å². The van der Waals surface area contributed by atoms with E-state index in [1.54, 1.807) is 13.2 Å². The molecule has 5 heteroatoms. The van der Waals surface area contributed by atoms with Crippen molar-refractivity contribution < 1.29 is 9.53 Å². The van der Waals surface area contributed by atoms with Crippen molar-refractivity contribution in [1.82, 2.24) is 15.3 Å². The molecule has 1 aliphatic carbocycles. The van der Waals surface area contributed by atoms with Crippen molar-refractivity contribution in [2.45, 2.75) is 25.2 Å². The van der Waals surface area contributed by atoms with Gasteiger partial charge in [-0.15, -0.1) is 0 Å². The second kappa shape index (κ2) is 6.56. The molecule has 0 atom stereocenters.